The minimum absolute atomic E-state index is 0.149. The van der Waals surface area contributed by atoms with Crippen molar-refractivity contribution in [3.05, 3.63) is 48.6 Å². The van der Waals surface area contributed by atoms with E-state index in [1.54, 1.807) is 30.3 Å². The van der Waals surface area contributed by atoms with Gasteiger partial charge in [-0.3, -0.25) is 9.59 Å². The molecule has 0 radical (unpaired) electrons. The topological polar surface area (TPSA) is 46.2 Å². The van der Waals surface area contributed by atoms with Gasteiger partial charge in [0.15, 0.2) is 5.78 Å². The first-order valence-corrected chi connectivity index (χ1v) is 6.18. The van der Waals surface area contributed by atoms with E-state index in [1.807, 2.05) is 13.0 Å². The molecule has 0 aromatic heterocycles. The lowest BCUT2D eigenvalue weighted by Gasteiger charge is -2.13. The molecule has 3 heteroatoms. The highest BCUT2D eigenvalue weighted by Crippen LogP contribution is 2.13. The van der Waals surface area contributed by atoms with Crippen molar-refractivity contribution in [2.24, 2.45) is 5.92 Å². The van der Waals surface area contributed by atoms with Crippen LogP contribution in [-0.4, -0.2) is 18.2 Å². The average molecular weight is 245 g/mol. The third-order valence-electron chi connectivity index (χ3n) is 2.64. The molecule has 1 N–H and O–H groups in total. The summed E-state index contributed by atoms with van der Waals surface area (Å²) in [6, 6.07) is 8.89. The van der Waals surface area contributed by atoms with E-state index in [9.17, 15) is 9.59 Å². The van der Waals surface area contributed by atoms with Crippen molar-refractivity contribution in [3.8, 4) is 0 Å². The zero-order chi connectivity index (χ0) is 13.4. The molecule has 0 spiro atoms. The summed E-state index contributed by atoms with van der Waals surface area (Å²) in [5.41, 5.74) is 0.566. The van der Waals surface area contributed by atoms with Crippen molar-refractivity contribution >= 4 is 11.7 Å². The third kappa shape index (κ3) is 3.84. The quantitative estimate of drug-likeness (QED) is 0.456. The third-order valence-corrected chi connectivity index (χ3v) is 2.64. The van der Waals surface area contributed by atoms with Crippen LogP contribution in [0.3, 0.4) is 0 Å². The number of allylic oxidation sites excluding steroid dienone is 1. The van der Waals surface area contributed by atoms with E-state index in [1.165, 1.54) is 0 Å². The standard InChI is InChI=1S/C15H19NO2/c1-3-8-13(15(18)16-11-4-2)14(17)12-9-6-5-7-10-12/h3,5-7,9-10,13H,1,4,8,11H2,2H3,(H,16,18). The van der Waals surface area contributed by atoms with Gasteiger partial charge in [0.05, 0.1) is 0 Å². The van der Waals surface area contributed by atoms with Crippen molar-refractivity contribution in [1.29, 1.82) is 0 Å². The highest BCUT2D eigenvalue weighted by molar-refractivity contribution is 6.10. The summed E-state index contributed by atoms with van der Waals surface area (Å²) < 4.78 is 0. The van der Waals surface area contributed by atoms with Crippen LogP contribution >= 0.6 is 0 Å². The highest BCUT2D eigenvalue weighted by Gasteiger charge is 2.25. The zero-order valence-electron chi connectivity index (χ0n) is 10.7. The van der Waals surface area contributed by atoms with Gasteiger partial charge in [-0.25, -0.2) is 0 Å². The molecule has 0 saturated carbocycles. The number of hydrogen-bond acceptors (Lipinski definition) is 2. The Morgan fingerprint density at radius 1 is 1.33 bits per heavy atom. The number of Topliss-reactive ketones (excluding diaryl/α,β-unsaturated/α-hetero) is 1. The lowest BCUT2D eigenvalue weighted by molar-refractivity contribution is -0.123. The Hall–Kier alpha value is -1.90. The molecule has 0 fully saturated rings. The van der Waals surface area contributed by atoms with Crippen molar-refractivity contribution in [2.45, 2.75) is 19.8 Å². The maximum absolute atomic E-state index is 12.2. The van der Waals surface area contributed by atoms with E-state index >= 15 is 0 Å². The van der Waals surface area contributed by atoms with Gasteiger partial charge in [-0.2, -0.15) is 0 Å². The second kappa shape index (κ2) is 7.43. The molecule has 18 heavy (non-hydrogen) atoms. The maximum atomic E-state index is 12.2. The molecule has 1 unspecified atom stereocenters. The summed E-state index contributed by atoms with van der Waals surface area (Å²) in [7, 11) is 0. The fraction of sp³-hybridized carbons (Fsp3) is 0.333. The molecule has 0 aliphatic carbocycles. The minimum atomic E-state index is -0.670. The molecule has 0 aliphatic heterocycles. The molecule has 1 rings (SSSR count). The molecule has 96 valence electrons. The Labute approximate surface area is 108 Å². The van der Waals surface area contributed by atoms with E-state index in [0.717, 1.165) is 6.42 Å². The second-order valence-electron chi connectivity index (χ2n) is 4.10. The van der Waals surface area contributed by atoms with Crippen molar-refractivity contribution in [1.82, 2.24) is 5.32 Å². The molecule has 0 heterocycles. The Balaban J connectivity index is 2.81. The average Bonchev–Trinajstić information content (AvgIpc) is 2.42. The fourth-order valence-corrected chi connectivity index (χ4v) is 1.67. The first kappa shape index (κ1) is 14.2. The van der Waals surface area contributed by atoms with E-state index < -0.39 is 5.92 Å². The van der Waals surface area contributed by atoms with Gasteiger partial charge in [-0.15, -0.1) is 6.58 Å². The van der Waals surface area contributed by atoms with Crippen LogP contribution in [0.4, 0.5) is 0 Å². The summed E-state index contributed by atoms with van der Waals surface area (Å²) in [6.45, 7) is 6.17. The molecular formula is C15H19NO2. The van der Waals surface area contributed by atoms with Crippen LogP contribution in [0.25, 0.3) is 0 Å². The lowest BCUT2D eigenvalue weighted by Crippen LogP contribution is -2.35. The Morgan fingerprint density at radius 3 is 2.56 bits per heavy atom. The fourth-order valence-electron chi connectivity index (χ4n) is 1.67. The van der Waals surface area contributed by atoms with Gasteiger partial charge in [-0.05, 0) is 12.8 Å². The van der Waals surface area contributed by atoms with Gasteiger partial charge in [-0.1, -0.05) is 43.3 Å². The highest BCUT2D eigenvalue weighted by atomic mass is 16.2. The monoisotopic (exact) mass is 245 g/mol. The Kier molecular flexibility index (Phi) is 5.85. The minimum Gasteiger partial charge on any atom is -0.355 e. The van der Waals surface area contributed by atoms with Crippen LogP contribution in [0.5, 0.6) is 0 Å². The van der Waals surface area contributed by atoms with Crippen LogP contribution < -0.4 is 5.32 Å². The number of benzene rings is 1. The van der Waals surface area contributed by atoms with E-state index in [0.29, 0.717) is 18.5 Å². The number of carbonyl (C=O) groups is 2. The molecule has 0 bridgehead atoms. The molecule has 1 aromatic carbocycles. The van der Waals surface area contributed by atoms with Crippen LogP contribution in [0.1, 0.15) is 30.1 Å². The van der Waals surface area contributed by atoms with Gasteiger partial charge in [0.1, 0.15) is 5.92 Å². The Bertz CT molecular complexity index is 412. The Morgan fingerprint density at radius 2 is 2.00 bits per heavy atom. The summed E-state index contributed by atoms with van der Waals surface area (Å²) in [4.78, 5) is 24.2. The number of nitrogens with one attached hydrogen (secondary N) is 1. The van der Waals surface area contributed by atoms with Crippen molar-refractivity contribution in [2.75, 3.05) is 6.54 Å². The van der Waals surface area contributed by atoms with Crippen molar-refractivity contribution < 1.29 is 9.59 Å². The molecule has 1 amide bonds. The number of rotatable bonds is 7. The lowest BCUT2D eigenvalue weighted by atomic mass is 9.93. The van der Waals surface area contributed by atoms with Crippen LogP contribution in [-0.2, 0) is 4.79 Å². The number of amides is 1. The number of hydrogen-bond donors (Lipinski definition) is 1. The molecule has 0 aliphatic rings. The zero-order valence-corrected chi connectivity index (χ0v) is 10.7. The van der Waals surface area contributed by atoms with Crippen LogP contribution in [0.2, 0.25) is 0 Å². The predicted octanol–water partition coefficient (Wildman–Crippen LogP) is 2.59. The SMILES string of the molecule is C=CCC(C(=O)NCCC)C(=O)c1ccccc1. The van der Waals surface area contributed by atoms with Gasteiger partial charge >= 0.3 is 0 Å². The first-order chi connectivity index (χ1) is 8.70. The van der Waals surface area contributed by atoms with Gasteiger partial charge in [0.2, 0.25) is 5.91 Å². The van der Waals surface area contributed by atoms with Gasteiger partial charge < -0.3 is 5.32 Å². The molecule has 0 saturated heterocycles. The first-order valence-electron chi connectivity index (χ1n) is 6.18. The molecular weight excluding hydrogens is 226 g/mol. The molecule has 1 aromatic rings. The molecule has 3 nitrogen and oxygen atoms in total. The maximum Gasteiger partial charge on any atom is 0.231 e. The van der Waals surface area contributed by atoms with Gasteiger partial charge in [0.25, 0.3) is 0 Å². The van der Waals surface area contributed by atoms with E-state index in [-0.39, 0.29) is 11.7 Å². The van der Waals surface area contributed by atoms with Crippen LogP contribution in [0.15, 0.2) is 43.0 Å². The second-order valence-corrected chi connectivity index (χ2v) is 4.10. The van der Waals surface area contributed by atoms with E-state index in [4.69, 9.17) is 0 Å². The van der Waals surface area contributed by atoms with E-state index in [2.05, 4.69) is 11.9 Å². The summed E-state index contributed by atoms with van der Waals surface area (Å²) in [6.07, 6.45) is 2.83. The number of ketones is 1. The largest absolute Gasteiger partial charge is 0.355 e. The number of carbonyl (C=O) groups excluding carboxylic acids is 2. The predicted molar refractivity (Wildman–Crippen MR) is 72.4 cm³/mol. The summed E-state index contributed by atoms with van der Waals surface area (Å²) in [5.74, 6) is -1.04. The van der Waals surface area contributed by atoms with Gasteiger partial charge in [0, 0.05) is 12.1 Å². The smallest absolute Gasteiger partial charge is 0.231 e. The summed E-state index contributed by atoms with van der Waals surface area (Å²) in [5, 5.41) is 2.76. The van der Waals surface area contributed by atoms with Crippen LogP contribution in [0, 0.1) is 5.92 Å². The summed E-state index contributed by atoms with van der Waals surface area (Å²) >= 11 is 0. The normalized spacial score (nSPS) is 11.6. The van der Waals surface area contributed by atoms with Crippen molar-refractivity contribution in [3.63, 3.8) is 0 Å². The molecule has 1 atom stereocenters.